The van der Waals surface area contributed by atoms with Crippen molar-refractivity contribution in [3.05, 3.63) is 56.2 Å². The highest BCUT2D eigenvalue weighted by atomic mass is 35.5. The Morgan fingerprint density at radius 1 is 1.29 bits per heavy atom. The molecule has 0 saturated carbocycles. The van der Waals surface area contributed by atoms with Crippen LogP contribution in [0.5, 0.6) is 0 Å². The Bertz CT molecular complexity index is 625. The molecule has 1 aliphatic heterocycles. The first-order valence-electron chi connectivity index (χ1n) is 6.54. The van der Waals surface area contributed by atoms with Crippen molar-refractivity contribution >= 4 is 40.4 Å². The van der Waals surface area contributed by atoms with Crippen LogP contribution in [0.2, 0.25) is 10.0 Å². The van der Waals surface area contributed by atoms with Crippen LogP contribution in [0.4, 0.5) is 0 Å². The highest BCUT2D eigenvalue weighted by Gasteiger charge is 2.26. The summed E-state index contributed by atoms with van der Waals surface area (Å²) in [5, 5.41) is 3.05. The molecule has 0 spiro atoms. The Morgan fingerprint density at radius 2 is 2.05 bits per heavy atom. The number of carbonyl (C=O) groups excluding carboxylic acids is 1. The van der Waals surface area contributed by atoms with E-state index in [-0.39, 0.29) is 12.0 Å². The molecule has 0 N–H and O–H groups in total. The molecule has 1 aromatic carbocycles. The van der Waals surface area contributed by atoms with Crippen LogP contribution < -0.4 is 0 Å². The molecule has 1 fully saturated rings. The van der Waals surface area contributed by atoms with Crippen LogP contribution in [-0.4, -0.2) is 30.5 Å². The SMILES string of the molecule is O=C(c1cccs1)N1CCOC(c2cc(Cl)cc(Cl)c2)C1. The van der Waals surface area contributed by atoms with Gasteiger partial charge in [0.15, 0.2) is 0 Å². The second kappa shape index (κ2) is 6.36. The van der Waals surface area contributed by atoms with Gasteiger partial charge in [-0.15, -0.1) is 11.3 Å². The number of morpholine rings is 1. The average molecular weight is 342 g/mol. The summed E-state index contributed by atoms with van der Waals surface area (Å²) < 4.78 is 5.76. The first-order valence-corrected chi connectivity index (χ1v) is 8.17. The minimum absolute atomic E-state index is 0.0476. The summed E-state index contributed by atoms with van der Waals surface area (Å²) in [4.78, 5) is 15.0. The summed E-state index contributed by atoms with van der Waals surface area (Å²) in [6.45, 7) is 1.61. The van der Waals surface area contributed by atoms with Crippen molar-refractivity contribution in [1.82, 2.24) is 4.90 Å². The maximum Gasteiger partial charge on any atom is 0.264 e. The third-order valence-corrected chi connectivity index (χ3v) is 4.64. The second-order valence-electron chi connectivity index (χ2n) is 4.79. The lowest BCUT2D eigenvalue weighted by molar-refractivity contribution is -0.0226. The molecule has 0 radical (unpaired) electrons. The van der Waals surface area contributed by atoms with Crippen molar-refractivity contribution in [1.29, 1.82) is 0 Å². The summed E-state index contributed by atoms with van der Waals surface area (Å²) in [6, 6.07) is 9.07. The number of hydrogen-bond acceptors (Lipinski definition) is 3. The number of rotatable bonds is 2. The molecule has 1 aliphatic rings. The van der Waals surface area contributed by atoms with Gasteiger partial charge >= 0.3 is 0 Å². The minimum Gasteiger partial charge on any atom is -0.370 e. The van der Waals surface area contributed by atoms with Crippen molar-refractivity contribution in [2.24, 2.45) is 0 Å². The van der Waals surface area contributed by atoms with Gasteiger partial charge in [-0.1, -0.05) is 29.3 Å². The van der Waals surface area contributed by atoms with Gasteiger partial charge in [0.2, 0.25) is 0 Å². The number of thiophene rings is 1. The number of benzene rings is 1. The predicted octanol–water partition coefficient (Wildman–Crippen LogP) is 4.27. The summed E-state index contributed by atoms with van der Waals surface area (Å²) in [5.74, 6) is 0.0476. The van der Waals surface area contributed by atoms with Gasteiger partial charge in [0.05, 0.1) is 18.0 Å². The van der Waals surface area contributed by atoms with Crippen molar-refractivity contribution in [3.8, 4) is 0 Å². The van der Waals surface area contributed by atoms with Crippen LogP contribution in [0.3, 0.4) is 0 Å². The quantitative estimate of drug-likeness (QED) is 0.816. The molecule has 1 atom stereocenters. The molecule has 0 aliphatic carbocycles. The molecule has 3 rings (SSSR count). The van der Waals surface area contributed by atoms with Crippen molar-refractivity contribution in [3.63, 3.8) is 0 Å². The van der Waals surface area contributed by atoms with Crippen LogP contribution in [-0.2, 0) is 4.74 Å². The average Bonchev–Trinajstić information content (AvgIpc) is 3.00. The van der Waals surface area contributed by atoms with Crippen LogP contribution in [0.15, 0.2) is 35.7 Å². The summed E-state index contributed by atoms with van der Waals surface area (Å²) in [7, 11) is 0. The van der Waals surface area contributed by atoms with E-state index in [4.69, 9.17) is 27.9 Å². The number of halogens is 2. The third-order valence-electron chi connectivity index (χ3n) is 3.34. The van der Waals surface area contributed by atoms with Gasteiger partial charge < -0.3 is 9.64 Å². The fraction of sp³-hybridized carbons (Fsp3) is 0.267. The molecule has 1 saturated heterocycles. The van der Waals surface area contributed by atoms with Gasteiger partial charge in [-0.05, 0) is 35.2 Å². The van der Waals surface area contributed by atoms with Crippen molar-refractivity contribution < 1.29 is 9.53 Å². The Morgan fingerprint density at radius 3 is 2.71 bits per heavy atom. The fourth-order valence-corrected chi connectivity index (χ4v) is 3.59. The highest BCUT2D eigenvalue weighted by molar-refractivity contribution is 7.12. The van der Waals surface area contributed by atoms with E-state index in [2.05, 4.69) is 0 Å². The van der Waals surface area contributed by atoms with Gasteiger partial charge in [0.25, 0.3) is 5.91 Å². The molecule has 110 valence electrons. The molecule has 1 amide bonds. The van der Waals surface area contributed by atoms with Crippen molar-refractivity contribution in [2.45, 2.75) is 6.10 Å². The van der Waals surface area contributed by atoms with Gasteiger partial charge in [0, 0.05) is 16.6 Å². The highest BCUT2D eigenvalue weighted by Crippen LogP contribution is 2.28. The van der Waals surface area contributed by atoms with E-state index in [0.29, 0.717) is 29.7 Å². The lowest BCUT2D eigenvalue weighted by Gasteiger charge is -2.33. The van der Waals surface area contributed by atoms with E-state index < -0.39 is 0 Å². The molecular weight excluding hydrogens is 329 g/mol. The maximum atomic E-state index is 12.4. The topological polar surface area (TPSA) is 29.5 Å². The Kier molecular flexibility index (Phi) is 4.50. The zero-order chi connectivity index (χ0) is 14.8. The standard InChI is InChI=1S/C15H13Cl2NO2S/c16-11-6-10(7-12(17)8-11)13-9-18(3-4-20-13)15(19)14-2-1-5-21-14/h1-2,5-8,13H,3-4,9H2. The van der Waals surface area contributed by atoms with Crippen molar-refractivity contribution in [2.75, 3.05) is 19.7 Å². The molecular formula is C15H13Cl2NO2S. The van der Waals surface area contributed by atoms with Gasteiger partial charge in [-0.25, -0.2) is 0 Å². The molecule has 0 bridgehead atoms. The molecule has 21 heavy (non-hydrogen) atoms. The fourth-order valence-electron chi connectivity index (χ4n) is 2.35. The molecule has 2 heterocycles. The van der Waals surface area contributed by atoms with Crippen LogP contribution in [0.25, 0.3) is 0 Å². The largest absolute Gasteiger partial charge is 0.370 e. The molecule has 1 aromatic heterocycles. The number of ether oxygens (including phenoxy) is 1. The van der Waals surface area contributed by atoms with E-state index in [1.807, 2.05) is 34.5 Å². The Hall–Kier alpha value is -1.07. The van der Waals surface area contributed by atoms with Crippen LogP contribution in [0.1, 0.15) is 21.3 Å². The maximum absolute atomic E-state index is 12.4. The Balaban J connectivity index is 1.78. The summed E-state index contributed by atoms with van der Waals surface area (Å²) >= 11 is 13.5. The van der Waals surface area contributed by atoms with Crippen LogP contribution >= 0.6 is 34.5 Å². The van der Waals surface area contributed by atoms with E-state index in [0.717, 1.165) is 10.4 Å². The summed E-state index contributed by atoms with van der Waals surface area (Å²) in [5.41, 5.74) is 0.899. The smallest absolute Gasteiger partial charge is 0.264 e. The predicted molar refractivity (Wildman–Crippen MR) is 85.4 cm³/mol. The zero-order valence-electron chi connectivity index (χ0n) is 11.1. The lowest BCUT2D eigenvalue weighted by Crippen LogP contribution is -2.42. The Labute approximate surface area is 137 Å². The first kappa shape index (κ1) is 14.9. The monoisotopic (exact) mass is 341 g/mol. The normalized spacial score (nSPS) is 18.8. The number of nitrogens with zero attached hydrogens (tertiary/aromatic N) is 1. The third kappa shape index (κ3) is 3.40. The van der Waals surface area contributed by atoms with Crippen LogP contribution in [0, 0.1) is 0 Å². The second-order valence-corrected chi connectivity index (χ2v) is 6.61. The summed E-state index contributed by atoms with van der Waals surface area (Å²) in [6.07, 6.45) is -0.195. The number of amides is 1. The van der Waals surface area contributed by atoms with E-state index in [9.17, 15) is 4.79 Å². The van der Waals surface area contributed by atoms with Gasteiger partial charge in [0.1, 0.15) is 6.10 Å². The number of carbonyl (C=O) groups is 1. The number of hydrogen-bond donors (Lipinski definition) is 0. The van der Waals surface area contributed by atoms with E-state index in [1.165, 1.54) is 11.3 Å². The molecule has 2 aromatic rings. The minimum atomic E-state index is -0.195. The van der Waals surface area contributed by atoms with E-state index >= 15 is 0 Å². The first-order chi connectivity index (χ1) is 10.1. The molecule has 6 heteroatoms. The van der Waals surface area contributed by atoms with Gasteiger partial charge in [-0.3, -0.25) is 4.79 Å². The molecule has 1 unspecified atom stereocenters. The molecule has 3 nitrogen and oxygen atoms in total. The van der Waals surface area contributed by atoms with Gasteiger partial charge in [-0.2, -0.15) is 0 Å². The zero-order valence-corrected chi connectivity index (χ0v) is 13.4. The lowest BCUT2D eigenvalue weighted by atomic mass is 10.1. The van der Waals surface area contributed by atoms with E-state index in [1.54, 1.807) is 6.07 Å².